The van der Waals surface area contributed by atoms with Gasteiger partial charge in [-0.05, 0) is 48.9 Å². The third kappa shape index (κ3) is 5.30. The van der Waals surface area contributed by atoms with Gasteiger partial charge in [0.15, 0.2) is 0 Å². The van der Waals surface area contributed by atoms with E-state index in [9.17, 15) is 17.6 Å². The van der Waals surface area contributed by atoms with Crippen LogP contribution in [0.1, 0.15) is 36.0 Å². The first-order valence-corrected chi connectivity index (χ1v) is 11.6. The van der Waals surface area contributed by atoms with Gasteiger partial charge in [-0.1, -0.05) is 19.1 Å². The molecule has 7 nitrogen and oxygen atoms in total. The molecule has 2 aromatic carbocycles. The molecule has 2 aromatic heterocycles. The average Bonchev–Trinajstić information content (AvgIpc) is 3.31. The van der Waals surface area contributed by atoms with Gasteiger partial charge in [0.25, 0.3) is 0 Å². The van der Waals surface area contributed by atoms with Gasteiger partial charge >= 0.3 is 6.18 Å². The van der Waals surface area contributed by atoms with Crippen LogP contribution in [0.5, 0.6) is 5.75 Å². The van der Waals surface area contributed by atoms with Crippen molar-refractivity contribution in [1.82, 2.24) is 25.2 Å². The highest BCUT2D eigenvalue weighted by Crippen LogP contribution is 2.38. The van der Waals surface area contributed by atoms with Crippen LogP contribution in [-0.2, 0) is 19.3 Å². The van der Waals surface area contributed by atoms with E-state index < -0.39 is 11.7 Å². The maximum absolute atomic E-state index is 14.1. The monoisotopic (exact) mass is 510 g/mol. The molecule has 5 rings (SSSR count). The molecular weight excluding hydrogens is 488 g/mol. The Hall–Kier alpha value is -4.28. The molecule has 0 fully saturated rings. The Morgan fingerprint density at radius 3 is 2.59 bits per heavy atom. The summed E-state index contributed by atoms with van der Waals surface area (Å²) in [5.41, 5.74) is 1.46. The van der Waals surface area contributed by atoms with Crippen LogP contribution >= 0.6 is 0 Å². The van der Waals surface area contributed by atoms with E-state index in [0.717, 1.165) is 11.8 Å². The summed E-state index contributed by atoms with van der Waals surface area (Å²) in [5.74, 6) is 0.184. The predicted molar refractivity (Wildman–Crippen MR) is 129 cm³/mol. The first kappa shape index (κ1) is 24.4. The number of hydrogen-bond donors (Lipinski definition) is 1. The van der Waals surface area contributed by atoms with E-state index in [0.29, 0.717) is 42.3 Å². The molecule has 0 saturated heterocycles. The van der Waals surface area contributed by atoms with Crippen LogP contribution in [-0.4, -0.2) is 38.0 Å². The average molecular weight is 510 g/mol. The summed E-state index contributed by atoms with van der Waals surface area (Å²) in [6.45, 7) is 2.85. The number of fused-ring (bicyclic) bond motifs is 1. The minimum Gasteiger partial charge on any atom is -0.494 e. The number of alkyl halides is 3. The van der Waals surface area contributed by atoms with E-state index in [1.165, 1.54) is 24.3 Å². The van der Waals surface area contributed by atoms with Gasteiger partial charge in [0.2, 0.25) is 0 Å². The van der Waals surface area contributed by atoms with Crippen molar-refractivity contribution in [2.24, 2.45) is 5.10 Å². The van der Waals surface area contributed by atoms with Gasteiger partial charge in [-0.3, -0.25) is 5.01 Å². The van der Waals surface area contributed by atoms with Crippen LogP contribution in [0, 0.1) is 5.82 Å². The SMILES string of the molecule is CCCOc1ccc(-c2ccc(CN3Cc4[nH]c(-c5ccccc5F)nc4C=N3)nn2)c(C(F)(F)F)c1. The molecule has 0 saturated carbocycles. The zero-order chi connectivity index (χ0) is 26.0. The zero-order valence-electron chi connectivity index (χ0n) is 19.8. The van der Waals surface area contributed by atoms with E-state index >= 15 is 0 Å². The summed E-state index contributed by atoms with van der Waals surface area (Å²) in [6, 6.07) is 13.3. The topological polar surface area (TPSA) is 79.3 Å². The maximum Gasteiger partial charge on any atom is 0.417 e. The van der Waals surface area contributed by atoms with Crippen molar-refractivity contribution < 1.29 is 22.3 Å². The number of aromatic nitrogens is 4. The van der Waals surface area contributed by atoms with Crippen LogP contribution in [0.15, 0.2) is 59.7 Å². The van der Waals surface area contributed by atoms with Gasteiger partial charge in [0.05, 0.1) is 54.1 Å². The smallest absolute Gasteiger partial charge is 0.417 e. The third-order valence-electron chi connectivity index (χ3n) is 5.73. The van der Waals surface area contributed by atoms with Gasteiger partial charge in [-0.2, -0.15) is 28.5 Å². The molecule has 0 spiro atoms. The van der Waals surface area contributed by atoms with E-state index in [1.54, 1.807) is 35.5 Å². The van der Waals surface area contributed by atoms with Crippen molar-refractivity contribution in [1.29, 1.82) is 0 Å². The quantitative estimate of drug-likeness (QED) is 0.317. The molecule has 0 unspecified atom stereocenters. The highest BCUT2D eigenvalue weighted by molar-refractivity contribution is 5.80. The summed E-state index contributed by atoms with van der Waals surface area (Å²) in [6.07, 6.45) is -2.32. The summed E-state index contributed by atoms with van der Waals surface area (Å²) in [4.78, 5) is 7.56. The Kier molecular flexibility index (Phi) is 6.60. The molecule has 0 bridgehead atoms. The number of halogens is 4. The van der Waals surface area contributed by atoms with Crippen molar-refractivity contribution in [3.8, 4) is 28.4 Å². The molecular formula is C26H22F4N6O. The van der Waals surface area contributed by atoms with Gasteiger partial charge in [0.1, 0.15) is 23.1 Å². The fourth-order valence-electron chi connectivity index (χ4n) is 3.95. The molecule has 11 heteroatoms. The molecule has 0 amide bonds. The highest BCUT2D eigenvalue weighted by Gasteiger charge is 2.34. The van der Waals surface area contributed by atoms with E-state index in [4.69, 9.17) is 4.74 Å². The Bertz CT molecular complexity index is 1430. The molecule has 190 valence electrons. The third-order valence-corrected chi connectivity index (χ3v) is 5.73. The number of aromatic amines is 1. The molecule has 3 heterocycles. The summed E-state index contributed by atoms with van der Waals surface area (Å²) in [7, 11) is 0. The van der Waals surface area contributed by atoms with Gasteiger partial charge in [-0.15, -0.1) is 0 Å². The van der Waals surface area contributed by atoms with E-state index in [2.05, 4.69) is 25.3 Å². The van der Waals surface area contributed by atoms with Gasteiger partial charge in [-0.25, -0.2) is 9.37 Å². The lowest BCUT2D eigenvalue weighted by Crippen LogP contribution is -2.22. The number of rotatable bonds is 7. The molecule has 0 atom stereocenters. The summed E-state index contributed by atoms with van der Waals surface area (Å²) < 4.78 is 60.7. The molecule has 1 aliphatic rings. The number of nitrogens with one attached hydrogen (secondary N) is 1. The highest BCUT2D eigenvalue weighted by atomic mass is 19.4. The molecule has 0 radical (unpaired) electrons. The van der Waals surface area contributed by atoms with Crippen LogP contribution in [0.3, 0.4) is 0 Å². The zero-order valence-corrected chi connectivity index (χ0v) is 19.8. The second-order valence-corrected chi connectivity index (χ2v) is 8.46. The Balaban J connectivity index is 1.31. The number of hydrogen-bond acceptors (Lipinski definition) is 6. The second-order valence-electron chi connectivity index (χ2n) is 8.46. The molecule has 1 aliphatic heterocycles. The predicted octanol–water partition coefficient (Wildman–Crippen LogP) is 5.83. The van der Waals surface area contributed by atoms with Crippen LogP contribution in [0.2, 0.25) is 0 Å². The number of nitrogens with zero attached hydrogens (tertiary/aromatic N) is 5. The summed E-state index contributed by atoms with van der Waals surface area (Å²) in [5, 5.41) is 14.2. The molecule has 37 heavy (non-hydrogen) atoms. The van der Waals surface area contributed by atoms with Crippen molar-refractivity contribution >= 4 is 6.21 Å². The lowest BCUT2D eigenvalue weighted by atomic mass is 10.0. The Morgan fingerprint density at radius 2 is 1.86 bits per heavy atom. The number of hydrazone groups is 1. The Labute approximate surface area is 209 Å². The normalized spacial score (nSPS) is 13.1. The van der Waals surface area contributed by atoms with E-state index in [1.807, 2.05) is 6.92 Å². The first-order valence-electron chi connectivity index (χ1n) is 11.6. The minimum absolute atomic E-state index is 0.0748. The van der Waals surface area contributed by atoms with Crippen molar-refractivity contribution in [3.63, 3.8) is 0 Å². The number of H-pyrrole nitrogens is 1. The summed E-state index contributed by atoms with van der Waals surface area (Å²) >= 11 is 0. The maximum atomic E-state index is 14.1. The first-order chi connectivity index (χ1) is 17.8. The fourth-order valence-corrected chi connectivity index (χ4v) is 3.95. The number of ether oxygens (including phenoxy) is 1. The molecule has 1 N–H and O–H groups in total. The lowest BCUT2D eigenvalue weighted by molar-refractivity contribution is -0.137. The molecule has 4 aromatic rings. The largest absolute Gasteiger partial charge is 0.494 e. The number of imidazole rings is 1. The van der Waals surface area contributed by atoms with Crippen molar-refractivity contribution in [3.05, 3.63) is 83.1 Å². The van der Waals surface area contributed by atoms with Crippen molar-refractivity contribution in [2.45, 2.75) is 32.6 Å². The Morgan fingerprint density at radius 1 is 1.03 bits per heavy atom. The second kappa shape index (κ2) is 10.00. The minimum atomic E-state index is -4.58. The standard InChI is InChI=1S/C26H22F4N6O/c1-2-11-37-17-8-9-18(20(12-17)26(28,29)30)22-10-7-16(34-35-22)14-36-15-24-23(13-31-36)32-25(33-24)19-5-3-4-6-21(19)27/h3-10,12-13H,2,11,14-15H2,1H3,(H,32,33). The van der Waals surface area contributed by atoms with Gasteiger partial charge < -0.3 is 9.72 Å². The lowest BCUT2D eigenvalue weighted by Gasteiger charge is -2.21. The van der Waals surface area contributed by atoms with E-state index in [-0.39, 0.29) is 29.4 Å². The fraction of sp³-hybridized carbons (Fsp3) is 0.231. The van der Waals surface area contributed by atoms with Crippen molar-refractivity contribution in [2.75, 3.05) is 6.61 Å². The van der Waals surface area contributed by atoms with Crippen LogP contribution in [0.25, 0.3) is 22.6 Å². The van der Waals surface area contributed by atoms with Crippen LogP contribution < -0.4 is 4.74 Å². The van der Waals surface area contributed by atoms with Crippen LogP contribution in [0.4, 0.5) is 17.6 Å². The molecule has 0 aliphatic carbocycles. The number of benzene rings is 2. The van der Waals surface area contributed by atoms with Gasteiger partial charge in [0, 0.05) is 5.56 Å².